The quantitative estimate of drug-likeness (QED) is 0.631. The third-order valence-corrected chi connectivity index (χ3v) is 2.63. The Hall–Kier alpha value is -1.83. The van der Waals surface area contributed by atoms with E-state index < -0.39 is 5.97 Å². The van der Waals surface area contributed by atoms with Crippen LogP contribution in [0.15, 0.2) is 47.6 Å². The van der Waals surface area contributed by atoms with Gasteiger partial charge in [-0.25, -0.2) is 4.79 Å². The van der Waals surface area contributed by atoms with Crippen molar-refractivity contribution in [1.29, 1.82) is 0 Å². The molecule has 17 heavy (non-hydrogen) atoms. The van der Waals surface area contributed by atoms with Gasteiger partial charge in [0.2, 0.25) is 0 Å². The molecule has 90 valence electrons. The van der Waals surface area contributed by atoms with Crippen LogP contribution in [0.4, 0.5) is 0 Å². The lowest BCUT2D eigenvalue weighted by atomic mass is 9.97. The molecular formula is C15H18O2. The Balaban J connectivity index is 3.01. The fourth-order valence-corrected chi connectivity index (χ4v) is 1.62. The minimum atomic E-state index is -0.855. The van der Waals surface area contributed by atoms with Crippen molar-refractivity contribution in [3.63, 3.8) is 0 Å². The molecule has 0 fully saturated rings. The van der Waals surface area contributed by atoms with Gasteiger partial charge in [0.15, 0.2) is 0 Å². The Morgan fingerprint density at radius 2 is 1.82 bits per heavy atom. The molecular weight excluding hydrogens is 212 g/mol. The molecule has 0 saturated heterocycles. The molecule has 0 atom stereocenters. The second-order valence-corrected chi connectivity index (χ2v) is 4.28. The van der Waals surface area contributed by atoms with E-state index in [2.05, 4.69) is 0 Å². The second kappa shape index (κ2) is 6.04. The first-order chi connectivity index (χ1) is 8.02. The summed E-state index contributed by atoms with van der Waals surface area (Å²) < 4.78 is 0. The van der Waals surface area contributed by atoms with Crippen molar-refractivity contribution in [3.8, 4) is 0 Å². The van der Waals surface area contributed by atoms with Crippen molar-refractivity contribution in [2.24, 2.45) is 5.92 Å². The van der Waals surface area contributed by atoms with Crippen molar-refractivity contribution in [1.82, 2.24) is 0 Å². The summed E-state index contributed by atoms with van der Waals surface area (Å²) in [5.74, 6) is -0.655. The van der Waals surface area contributed by atoms with Gasteiger partial charge in [0.05, 0.1) is 0 Å². The van der Waals surface area contributed by atoms with E-state index in [4.69, 9.17) is 5.11 Å². The summed E-state index contributed by atoms with van der Waals surface area (Å²) in [6.45, 7) is 5.64. The first-order valence-electron chi connectivity index (χ1n) is 5.69. The lowest BCUT2D eigenvalue weighted by Gasteiger charge is -2.09. The number of hydrogen-bond acceptors (Lipinski definition) is 1. The number of carbonyl (C=O) groups is 1. The van der Waals surface area contributed by atoms with Crippen LogP contribution in [0.2, 0.25) is 0 Å². The molecule has 0 saturated carbocycles. The number of carboxylic acid groups (broad SMARTS) is 1. The molecule has 1 aromatic rings. The fourth-order valence-electron chi connectivity index (χ4n) is 1.62. The lowest BCUT2D eigenvalue weighted by Crippen LogP contribution is -2.04. The van der Waals surface area contributed by atoms with Crippen LogP contribution in [0.3, 0.4) is 0 Å². The predicted molar refractivity (Wildman–Crippen MR) is 70.6 cm³/mol. The summed E-state index contributed by atoms with van der Waals surface area (Å²) in [6, 6.07) is 9.86. The van der Waals surface area contributed by atoms with Crippen LogP contribution in [0.5, 0.6) is 0 Å². The molecule has 0 aliphatic rings. The maximum Gasteiger partial charge on any atom is 0.331 e. The second-order valence-electron chi connectivity index (χ2n) is 4.28. The molecule has 0 aromatic heterocycles. The van der Waals surface area contributed by atoms with Gasteiger partial charge >= 0.3 is 5.97 Å². The van der Waals surface area contributed by atoms with Crippen LogP contribution in [0.1, 0.15) is 26.3 Å². The molecule has 0 aliphatic carbocycles. The fraction of sp³-hybridized carbons (Fsp3) is 0.267. The third kappa shape index (κ3) is 3.91. The summed E-state index contributed by atoms with van der Waals surface area (Å²) in [6.07, 6.45) is 3.84. The molecule has 2 heteroatoms. The van der Waals surface area contributed by atoms with E-state index in [1.165, 1.54) is 0 Å². The van der Waals surface area contributed by atoms with Gasteiger partial charge in [-0.15, -0.1) is 0 Å². The van der Waals surface area contributed by atoms with Crippen LogP contribution < -0.4 is 0 Å². The van der Waals surface area contributed by atoms with Gasteiger partial charge in [0, 0.05) is 5.57 Å². The largest absolute Gasteiger partial charge is 0.478 e. The highest BCUT2D eigenvalue weighted by Crippen LogP contribution is 2.18. The highest BCUT2D eigenvalue weighted by atomic mass is 16.4. The average molecular weight is 230 g/mol. The van der Waals surface area contributed by atoms with Crippen LogP contribution in [-0.2, 0) is 4.79 Å². The topological polar surface area (TPSA) is 37.3 Å². The van der Waals surface area contributed by atoms with Gasteiger partial charge < -0.3 is 5.11 Å². The molecule has 0 spiro atoms. The standard InChI is InChI=1S/C15H18O2/c1-11(2)14(12(3)15(16)17)10-9-13-7-5-4-6-8-13/h4-11H,1-3H3,(H,16,17). The first-order valence-corrected chi connectivity index (χ1v) is 5.69. The van der Waals surface area contributed by atoms with E-state index >= 15 is 0 Å². The number of carboxylic acids is 1. The van der Waals surface area contributed by atoms with Gasteiger partial charge in [0.25, 0.3) is 0 Å². The van der Waals surface area contributed by atoms with Crippen LogP contribution in [-0.4, -0.2) is 11.1 Å². The number of aliphatic carboxylic acids is 1. The van der Waals surface area contributed by atoms with E-state index in [0.717, 1.165) is 11.1 Å². The van der Waals surface area contributed by atoms with E-state index in [1.807, 2.05) is 56.3 Å². The van der Waals surface area contributed by atoms with Crippen molar-refractivity contribution in [3.05, 3.63) is 53.1 Å². The zero-order valence-electron chi connectivity index (χ0n) is 10.5. The minimum Gasteiger partial charge on any atom is -0.478 e. The van der Waals surface area contributed by atoms with Gasteiger partial charge in [-0.05, 0) is 24.0 Å². The first kappa shape index (κ1) is 13.2. The summed E-state index contributed by atoms with van der Waals surface area (Å²) in [5.41, 5.74) is 2.34. The van der Waals surface area contributed by atoms with Crippen LogP contribution in [0, 0.1) is 5.92 Å². The molecule has 1 aromatic carbocycles. The third-order valence-electron chi connectivity index (χ3n) is 2.63. The van der Waals surface area contributed by atoms with Crippen molar-refractivity contribution in [2.75, 3.05) is 0 Å². The summed E-state index contributed by atoms with van der Waals surface area (Å²) in [7, 11) is 0. The van der Waals surface area contributed by atoms with Crippen molar-refractivity contribution in [2.45, 2.75) is 20.8 Å². The lowest BCUT2D eigenvalue weighted by molar-refractivity contribution is -0.132. The number of hydrogen-bond donors (Lipinski definition) is 1. The predicted octanol–water partition coefficient (Wildman–Crippen LogP) is 3.76. The smallest absolute Gasteiger partial charge is 0.331 e. The molecule has 0 amide bonds. The van der Waals surface area contributed by atoms with Crippen LogP contribution >= 0.6 is 0 Å². The summed E-state index contributed by atoms with van der Waals surface area (Å²) >= 11 is 0. The maximum absolute atomic E-state index is 11.0. The van der Waals surface area contributed by atoms with Gasteiger partial charge in [-0.2, -0.15) is 0 Å². The SMILES string of the molecule is CC(C(=O)O)=C(C=Cc1ccccc1)C(C)C. The molecule has 1 rings (SSSR count). The highest BCUT2D eigenvalue weighted by molar-refractivity contribution is 5.87. The zero-order valence-corrected chi connectivity index (χ0v) is 10.5. The Morgan fingerprint density at radius 1 is 1.24 bits per heavy atom. The number of rotatable bonds is 4. The van der Waals surface area contributed by atoms with E-state index in [1.54, 1.807) is 6.92 Å². The van der Waals surface area contributed by atoms with E-state index in [9.17, 15) is 4.79 Å². The van der Waals surface area contributed by atoms with E-state index in [-0.39, 0.29) is 5.92 Å². The van der Waals surface area contributed by atoms with Gasteiger partial charge in [0.1, 0.15) is 0 Å². The van der Waals surface area contributed by atoms with Crippen molar-refractivity contribution >= 4 is 12.0 Å². The molecule has 0 unspecified atom stereocenters. The molecule has 0 radical (unpaired) electrons. The maximum atomic E-state index is 11.0. The Kier molecular flexibility index (Phi) is 4.70. The molecule has 0 bridgehead atoms. The van der Waals surface area contributed by atoms with Gasteiger partial charge in [-0.3, -0.25) is 0 Å². The normalized spacial score (nSPS) is 12.9. The summed E-state index contributed by atoms with van der Waals surface area (Å²) in [5, 5.41) is 9.01. The van der Waals surface area contributed by atoms with Crippen LogP contribution in [0.25, 0.3) is 6.08 Å². The van der Waals surface area contributed by atoms with Gasteiger partial charge in [-0.1, -0.05) is 56.3 Å². The van der Waals surface area contributed by atoms with Crippen molar-refractivity contribution < 1.29 is 9.90 Å². The number of allylic oxidation sites excluding steroid dienone is 2. The Labute approximate surface area is 102 Å². The molecule has 2 nitrogen and oxygen atoms in total. The monoisotopic (exact) mass is 230 g/mol. The highest BCUT2D eigenvalue weighted by Gasteiger charge is 2.09. The Bertz CT molecular complexity index is 439. The Morgan fingerprint density at radius 3 is 2.29 bits per heavy atom. The molecule has 1 N–H and O–H groups in total. The number of benzene rings is 1. The zero-order chi connectivity index (χ0) is 12.8. The summed E-state index contributed by atoms with van der Waals surface area (Å²) in [4.78, 5) is 11.0. The van der Waals surface area contributed by atoms with E-state index in [0.29, 0.717) is 5.57 Å². The molecule has 0 heterocycles. The molecule has 0 aliphatic heterocycles. The minimum absolute atomic E-state index is 0.200. The average Bonchev–Trinajstić information content (AvgIpc) is 2.29.